The van der Waals surface area contributed by atoms with Crippen LogP contribution in [0.1, 0.15) is 30.7 Å². The maximum atomic E-state index is 11.2. The number of aliphatic hydroxyl groups is 2. The van der Waals surface area contributed by atoms with Crippen LogP contribution >= 0.6 is 11.3 Å². The number of ether oxygens (including phenoxy) is 1. The molecule has 2 rings (SSSR count). The zero-order chi connectivity index (χ0) is 15.4. The average molecular weight is 316 g/mol. The van der Waals surface area contributed by atoms with Crippen LogP contribution in [0.2, 0.25) is 0 Å². The number of aliphatic hydroxyl groups excluding tert-OH is 2. The first-order chi connectivity index (χ1) is 10.0. The summed E-state index contributed by atoms with van der Waals surface area (Å²) in [6.45, 7) is 3.30. The Morgan fingerprint density at radius 3 is 2.76 bits per heavy atom. The van der Waals surface area contributed by atoms with Gasteiger partial charge in [0.2, 0.25) is 0 Å². The summed E-state index contributed by atoms with van der Waals surface area (Å²) in [6.07, 6.45) is 0.953. The van der Waals surface area contributed by atoms with Crippen molar-refractivity contribution in [2.75, 3.05) is 31.2 Å². The van der Waals surface area contributed by atoms with Crippen molar-refractivity contribution >= 4 is 22.0 Å². The highest BCUT2D eigenvalue weighted by Crippen LogP contribution is 2.41. The molecular formula is C13H20N2O5S. The van der Waals surface area contributed by atoms with Gasteiger partial charge in [-0.15, -0.1) is 11.3 Å². The molecule has 8 heteroatoms. The molecule has 1 saturated heterocycles. The van der Waals surface area contributed by atoms with Gasteiger partial charge in [0, 0.05) is 24.0 Å². The van der Waals surface area contributed by atoms with Gasteiger partial charge < -0.3 is 19.8 Å². The molecular weight excluding hydrogens is 296 g/mol. The van der Waals surface area contributed by atoms with Crippen LogP contribution in [0.5, 0.6) is 0 Å². The summed E-state index contributed by atoms with van der Waals surface area (Å²) >= 11 is 1.27. The van der Waals surface area contributed by atoms with E-state index in [0.717, 1.165) is 12.8 Å². The van der Waals surface area contributed by atoms with E-state index in [4.69, 9.17) is 9.84 Å². The Hall–Kier alpha value is -1.22. The van der Waals surface area contributed by atoms with Gasteiger partial charge in [-0.05, 0) is 19.8 Å². The molecule has 0 aromatic carbocycles. The first kappa shape index (κ1) is 16.2. The minimum absolute atomic E-state index is 0.00829. The van der Waals surface area contributed by atoms with Gasteiger partial charge in [-0.1, -0.05) is 0 Å². The fourth-order valence-corrected chi connectivity index (χ4v) is 3.51. The van der Waals surface area contributed by atoms with Gasteiger partial charge in [0.05, 0.1) is 30.3 Å². The van der Waals surface area contributed by atoms with E-state index in [0.29, 0.717) is 29.6 Å². The summed E-state index contributed by atoms with van der Waals surface area (Å²) in [6, 6.07) is 1.46. The van der Waals surface area contributed by atoms with Crippen molar-refractivity contribution in [1.29, 1.82) is 0 Å². The minimum atomic E-state index is -0.701. The van der Waals surface area contributed by atoms with Crippen LogP contribution in [0.4, 0.5) is 10.7 Å². The Morgan fingerprint density at radius 1 is 1.57 bits per heavy atom. The summed E-state index contributed by atoms with van der Waals surface area (Å²) in [5, 5.41) is 30.1. The van der Waals surface area contributed by atoms with Crippen LogP contribution in [0.3, 0.4) is 0 Å². The Kier molecular flexibility index (Phi) is 5.51. The monoisotopic (exact) mass is 316 g/mol. The van der Waals surface area contributed by atoms with E-state index in [2.05, 4.69) is 0 Å². The molecule has 7 nitrogen and oxygen atoms in total. The maximum absolute atomic E-state index is 11.2. The van der Waals surface area contributed by atoms with Gasteiger partial charge in [-0.2, -0.15) is 0 Å². The van der Waals surface area contributed by atoms with E-state index >= 15 is 0 Å². The molecule has 0 radical (unpaired) electrons. The fourth-order valence-electron chi connectivity index (χ4n) is 2.40. The molecule has 2 heterocycles. The van der Waals surface area contributed by atoms with Crippen molar-refractivity contribution in [2.45, 2.75) is 32.0 Å². The molecule has 0 spiro atoms. The molecule has 0 bridgehead atoms. The molecule has 1 fully saturated rings. The molecule has 1 aliphatic heterocycles. The van der Waals surface area contributed by atoms with Crippen LogP contribution in [0.25, 0.3) is 0 Å². The van der Waals surface area contributed by atoms with Crippen molar-refractivity contribution in [1.82, 2.24) is 0 Å². The molecule has 1 aromatic rings. The lowest BCUT2D eigenvalue weighted by molar-refractivity contribution is -0.383. The molecule has 0 aliphatic carbocycles. The second kappa shape index (κ2) is 7.17. The molecule has 0 amide bonds. The lowest BCUT2D eigenvalue weighted by atomic mass is 10.1. The van der Waals surface area contributed by atoms with E-state index in [1.54, 1.807) is 6.92 Å². The van der Waals surface area contributed by atoms with Crippen LogP contribution in [-0.4, -0.2) is 47.5 Å². The third kappa shape index (κ3) is 3.91. The van der Waals surface area contributed by atoms with E-state index in [-0.39, 0.29) is 18.4 Å². The van der Waals surface area contributed by atoms with E-state index < -0.39 is 11.0 Å². The number of nitrogens with zero attached hydrogens (tertiary/aromatic N) is 2. The lowest BCUT2D eigenvalue weighted by Gasteiger charge is -2.32. The molecule has 1 atom stereocenters. The van der Waals surface area contributed by atoms with Crippen LogP contribution in [0, 0.1) is 10.1 Å². The SMILES string of the molecule is C[C@H](O)c1cc([N+](=O)[O-])c(N2CCC(OCCO)CC2)s1. The smallest absolute Gasteiger partial charge is 0.304 e. The average Bonchev–Trinajstić information content (AvgIpc) is 2.91. The Morgan fingerprint density at radius 2 is 2.24 bits per heavy atom. The number of anilines is 1. The van der Waals surface area contributed by atoms with Crippen molar-refractivity contribution < 1.29 is 19.9 Å². The molecule has 21 heavy (non-hydrogen) atoms. The Balaban J connectivity index is 2.07. The van der Waals surface area contributed by atoms with Crippen molar-refractivity contribution in [3.63, 3.8) is 0 Å². The molecule has 1 aromatic heterocycles. The highest BCUT2D eigenvalue weighted by atomic mass is 32.1. The molecule has 118 valence electrons. The standard InChI is InChI=1S/C13H20N2O5S/c1-9(17)12-8-11(15(18)19)13(21-12)14-4-2-10(3-5-14)20-7-6-16/h8-10,16-17H,2-7H2,1H3/t9-/m0/s1. The summed E-state index contributed by atoms with van der Waals surface area (Å²) in [7, 11) is 0. The predicted octanol–water partition coefficient (Wildman–Crippen LogP) is 1.69. The van der Waals surface area contributed by atoms with Gasteiger partial charge in [-0.3, -0.25) is 10.1 Å². The third-order valence-corrected chi connectivity index (χ3v) is 4.85. The van der Waals surface area contributed by atoms with E-state index in [1.165, 1.54) is 17.4 Å². The summed E-state index contributed by atoms with van der Waals surface area (Å²) in [5.41, 5.74) is 0.0608. The zero-order valence-electron chi connectivity index (χ0n) is 11.9. The number of thiophene rings is 1. The number of rotatable bonds is 6. The van der Waals surface area contributed by atoms with E-state index in [9.17, 15) is 15.2 Å². The molecule has 2 N–H and O–H groups in total. The third-order valence-electron chi connectivity index (χ3n) is 3.50. The number of hydrogen-bond donors (Lipinski definition) is 2. The number of hydrogen-bond acceptors (Lipinski definition) is 7. The highest BCUT2D eigenvalue weighted by molar-refractivity contribution is 7.16. The first-order valence-electron chi connectivity index (χ1n) is 6.96. The first-order valence-corrected chi connectivity index (χ1v) is 7.78. The second-order valence-corrected chi connectivity index (χ2v) is 6.12. The van der Waals surface area contributed by atoms with Crippen molar-refractivity contribution in [3.05, 3.63) is 21.1 Å². The Labute approximate surface area is 126 Å². The summed E-state index contributed by atoms with van der Waals surface area (Å²) in [4.78, 5) is 13.3. The number of piperidine rings is 1. The van der Waals surface area contributed by atoms with Gasteiger partial charge in [0.15, 0.2) is 5.00 Å². The maximum Gasteiger partial charge on any atom is 0.304 e. The summed E-state index contributed by atoms with van der Waals surface area (Å²) in [5.74, 6) is 0. The number of nitro groups is 1. The van der Waals surface area contributed by atoms with Gasteiger partial charge in [0.25, 0.3) is 0 Å². The Bertz CT molecular complexity index is 483. The van der Waals surface area contributed by atoms with Crippen LogP contribution < -0.4 is 4.90 Å². The van der Waals surface area contributed by atoms with Gasteiger partial charge in [0.1, 0.15) is 0 Å². The van der Waals surface area contributed by atoms with Gasteiger partial charge >= 0.3 is 5.69 Å². The van der Waals surface area contributed by atoms with Crippen molar-refractivity contribution in [2.24, 2.45) is 0 Å². The van der Waals surface area contributed by atoms with Crippen molar-refractivity contribution in [3.8, 4) is 0 Å². The normalized spacial score (nSPS) is 18.0. The quantitative estimate of drug-likeness (QED) is 0.612. The molecule has 1 aliphatic rings. The fraction of sp³-hybridized carbons (Fsp3) is 0.692. The summed E-state index contributed by atoms with van der Waals surface area (Å²) < 4.78 is 5.49. The van der Waals surface area contributed by atoms with Crippen LogP contribution in [-0.2, 0) is 4.74 Å². The van der Waals surface area contributed by atoms with Gasteiger partial charge in [-0.25, -0.2) is 0 Å². The van der Waals surface area contributed by atoms with Crippen LogP contribution in [0.15, 0.2) is 6.07 Å². The minimum Gasteiger partial charge on any atom is -0.394 e. The predicted molar refractivity (Wildman–Crippen MR) is 79.9 cm³/mol. The topological polar surface area (TPSA) is 96.1 Å². The lowest BCUT2D eigenvalue weighted by Crippen LogP contribution is -2.37. The highest BCUT2D eigenvalue weighted by Gasteiger charge is 2.28. The largest absolute Gasteiger partial charge is 0.394 e. The zero-order valence-corrected chi connectivity index (χ0v) is 12.7. The molecule has 0 saturated carbocycles. The molecule has 0 unspecified atom stereocenters. The second-order valence-electron chi connectivity index (χ2n) is 5.05. The van der Waals surface area contributed by atoms with E-state index in [1.807, 2.05) is 4.90 Å².